The Balaban J connectivity index is 3.60. The molecule has 2 heteroatoms. The Kier molecular flexibility index (Phi) is 4.38. The third-order valence-electron chi connectivity index (χ3n) is 1.82. The van der Waals surface area contributed by atoms with Crippen LogP contribution in [0.2, 0.25) is 0 Å². The molecule has 0 rings (SSSR count). The molecule has 2 nitrogen and oxygen atoms in total. The Hall–Kier alpha value is -0.340. The SMILES string of the molecule is C=CC(C)OCC(C)(N)CC. The maximum atomic E-state index is 5.86. The van der Waals surface area contributed by atoms with Crippen LogP contribution in [-0.4, -0.2) is 18.2 Å². The first-order valence-corrected chi connectivity index (χ1v) is 4.05. The summed E-state index contributed by atoms with van der Waals surface area (Å²) in [5, 5.41) is 0. The molecule has 0 fully saturated rings. The molecule has 0 aliphatic carbocycles. The van der Waals surface area contributed by atoms with E-state index in [2.05, 4.69) is 13.5 Å². The first-order valence-electron chi connectivity index (χ1n) is 4.05. The van der Waals surface area contributed by atoms with Crippen molar-refractivity contribution in [2.24, 2.45) is 5.73 Å². The average Bonchev–Trinajstić information content (AvgIpc) is 2.00. The fraction of sp³-hybridized carbons (Fsp3) is 0.778. The highest BCUT2D eigenvalue weighted by molar-refractivity contribution is 4.80. The van der Waals surface area contributed by atoms with E-state index in [-0.39, 0.29) is 11.6 Å². The van der Waals surface area contributed by atoms with Gasteiger partial charge >= 0.3 is 0 Å². The second kappa shape index (κ2) is 4.52. The van der Waals surface area contributed by atoms with Crippen LogP contribution in [-0.2, 0) is 4.74 Å². The van der Waals surface area contributed by atoms with Crippen molar-refractivity contribution in [1.82, 2.24) is 0 Å². The molecule has 0 radical (unpaired) electrons. The second-order valence-electron chi connectivity index (χ2n) is 3.26. The first-order chi connectivity index (χ1) is 5.02. The molecule has 0 aliphatic rings. The highest BCUT2D eigenvalue weighted by Crippen LogP contribution is 2.06. The maximum Gasteiger partial charge on any atom is 0.0725 e. The topological polar surface area (TPSA) is 35.2 Å². The molecule has 0 aromatic carbocycles. The lowest BCUT2D eigenvalue weighted by atomic mass is 10.0. The van der Waals surface area contributed by atoms with E-state index < -0.39 is 0 Å². The van der Waals surface area contributed by atoms with Crippen LogP contribution < -0.4 is 5.73 Å². The molecule has 0 spiro atoms. The summed E-state index contributed by atoms with van der Waals surface area (Å²) >= 11 is 0. The number of nitrogens with two attached hydrogens (primary N) is 1. The number of hydrogen-bond donors (Lipinski definition) is 1. The van der Waals surface area contributed by atoms with Gasteiger partial charge in [0, 0.05) is 5.54 Å². The fourth-order valence-corrected chi connectivity index (χ4v) is 0.492. The van der Waals surface area contributed by atoms with Gasteiger partial charge in [-0.05, 0) is 20.3 Å². The molecule has 0 aliphatic heterocycles. The van der Waals surface area contributed by atoms with Crippen molar-refractivity contribution in [2.75, 3.05) is 6.61 Å². The van der Waals surface area contributed by atoms with E-state index in [1.807, 2.05) is 13.8 Å². The summed E-state index contributed by atoms with van der Waals surface area (Å²) in [5.74, 6) is 0. The highest BCUT2D eigenvalue weighted by atomic mass is 16.5. The molecule has 0 aromatic heterocycles. The van der Waals surface area contributed by atoms with E-state index in [1.165, 1.54) is 0 Å². The van der Waals surface area contributed by atoms with Gasteiger partial charge in [-0.25, -0.2) is 0 Å². The zero-order valence-corrected chi connectivity index (χ0v) is 7.76. The van der Waals surface area contributed by atoms with Crippen LogP contribution in [0.15, 0.2) is 12.7 Å². The van der Waals surface area contributed by atoms with Crippen LogP contribution in [0, 0.1) is 0 Å². The lowest BCUT2D eigenvalue weighted by molar-refractivity contribution is 0.0594. The monoisotopic (exact) mass is 157 g/mol. The van der Waals surface area contributed by atoms with Crippen molar-refractivity contribution in [2.45, 2.75) is 38.8 Å². The van der Waals surface area contributed by atoms with Crippen molar-refractivity contribution in [3.63, 3.8) is 0 Å². The number of hydrogen-bond acceptors (Lipinski definition) is 2. The first kappa shape index (κ1) is 10.7. The van der Waals surface area contributed by atoms with E-state index in [0.29, 0.717) is 6.61 Å². The van der Waals surface area contributed by atoms with Gasteiger partial charge in [-0.2, -0.15) is 0 Å². The predicted molar refractivity (Wildman–Crippen MR) is 48.5 cm³/mol. The zero-order chi connectivity index (χ0) is 8.91. The lowest BCUT2D eigenvalue weighted by Gasteiger charge is -2.23. The van der Waals surface area contributed by atoms with E-state index in [9.17, 15) is 0 Å². The molecule has 0 aromatic rings. The Labute approximate surface area is 69.4 Å². The number of ether oxygens (including phenoxy) is 1. The Morgan fingerprint density at radius 2 is 2.27 bits per heavy atom. The van der Waals surface area contributed by atoms with Gasteiger partial charge in [-0.1, -0.05) is 13.0 Å². The Morgan fingerprint density at radius 1 is 1.73 bits per heavy atom. The van der Waals surface area contributed by atoms with E-state index in [0.717, 1.165) is 6.42 Å². The Morgan fingerprint density at radius 3 is 2.64 bits per heavy atom. The zero-order valence-electron chi connectivity index (χ0n) is 7.76. The molecule has 0 heterocycles. The fourth-order valence-electron chi connectivity index (χ4n) is 0.492. The Bertz CT molecular complexity index is 121. The van der Waals surface area contributed by atoms with Crippen molar-refractivity contribution in [3.05, 3.63) is 12.7 Å². The third-order valence-corrected chi connectivity index (χ3v) is 1.82. The van der Waals surface area contributed by atoms with Crippen molar-refractivity contribution >= 4 is 0 Å². The van der Waals surface area contributed by atoms with Gasteiger partial charge in [0.2, 0.25) is 0 Å². The van der Waals surface area contributed by atoms with Crippen molar-refractivity contribution in [1.29, 1.82) is 0 Å². The summed E-state index contributed by atoms with van der Waals surface area (Å²) in [4.78, 5) is 0. The van der Waals surface area contributed by atoms with Crippen LogP contribution in [0.5, 0.6) is 0 Å². The van der Waals surface area contributed by atoms with E-state index in [4.69, 9.17) is 10.5 Å². The quantitative estimate of drug-likeness (QED) is 0.616. The third kappa shape index (κ3) is 4.99. The summed E-state index contributed by atoms with van der Waals surface area (Å²) in [5.41, 5.74) is 5.66. The summed E-state index contributed by atoms with van der Waals surface area (Å²) in [6.45, 7) is 10.2. The normalized spacial score (nSPS) is 18.9. The molecule has 0 bridgehead atoms. The van der Waals surface area contributed by atoms with E-state index >= 15 is 0 Å². The van der Waals surface area contributed by atoms with Crippen LogP contribution in [0.25, 0.3) is 0 Å². The molecule has 2 atom stereocenters. The van der Waals surface area contributed by atoms with Gasteiger partial charge in [0.05, 0.1) is 12.7 Å². The van der Waals surface area contributed by atoms with Crippen molar-refractivity contribution < 1.29 is 4.74 Å². The lowest BCUT2D eigenvalue weighted by Crippen LogP contribution is -2.41. The van der Waals surface area contributed by atoms with Crippen LogP contribution in [0.1, 0.15) is 27.2 Å². The summed E-state index contributed by atoms with van der Waals surface area (Å²) in [6, 6.07) is 0. The molecule has 0 saturated heterocycles. The van der Waals surface area contributed by atoms with Crippen molar-refractivity contribution in [3.8, 4) is 0 Å². The smallest absolute Gasteiger partial charge is 0.0725 e. The van der Waals surface area contributed by atoms with Crippen LogP contribution >= 0.6 is 0 Å². The van der Waals surface area contributed by atoms with E-state index in [1.54, 1.807) is 6.08 Å². The average molecular weight is 157 g/mol. The summed E-state index contributed by atoms with van der Waals surface area (Å²) in [6.07, 6.45) is 2.80. The van der Waals surface area contributed by atoms with Gasteiger partial charge in [0.1, 0.15) is 0 Å². The molecular weight excluding hydrogens is 138 g/mol. The molecule has 66 valence electrons. The van der Waals surface area contributed by atoms with Gasteiger partial charge in [-0.3, -0.25) is 0 Å². The molecule has 2 N–H and O–H groups in total. The highest BCUT2D eigenvalue weighted by Gasteiger charge is 2.16. The van der Waals surface area contributed by atoms with Gasteiger partial charge in [0.25, 0.3) is 0 Å². The maximum absolute atomic E-state index is 5.86. The van der Waals surface area contributed by atoms with Gasteiger partial charge in [-0.15, -0.1) is 6.58 Å². The summed E-state index contributed by atoms with van der Waals surface area (Å²) in [7, 11) is 0. The molecule has 2 unspecified atom stereocenters. The van der Waals surface area contributed by atoms with Gasteiger partial charge < -0.3 is 10.5 Å². The minimum absolute atomic E-state index is 0.101. The minimum atomic E-state index is -0.197. The molecule has 0 amide bonds. The van der Waals surface area contributed by atoms with Crippen LogP contribution in [0.4, 0.5) is 0 Å². The summed E-state index contributed by atoms with van der Waals surface area (Å²) < 4.78 is 5.40. The molecule has 0 saturated carbocycles. The van der Waals surface area contributed by atoms with Crippen LogP contribution in [0.3, 0.4) is 0 Å². The number of rotatable bonds is 5. The predicted octanol–water partition coefficient (Wildman–Crippen LogP) is 1.70. The molecular formula is C9H19NO. The second-order valence-corrected chi connectivity index (χ2v) is 3.26. The van der Waals surface area contributed by atoms with Gasteiger partial charge in [0.15, 0.2) is 0 Å². The standard InChI is InChI=1S/C9H19NO/c1-5-8(3)11-7-9(4,10)6-2/h5,8H,1,6-7,10H2,2-4H3. The largest absolute Gasteiger partial charge is 0.373 e. The minimum Gasteiger partial charge on any atom is -0.373 e. The molecule has 11 heavy (non-hydrogen) atoms.